The van der Waals surface area contributed by atoms with Crippen LogP contribution < -0.4 is 10.6 Å². The highest BCUT2D eigenvalue weighted by Crippen LogP contribution is 2.38. The second-order valence-corrected chi connectivity index (χ2v) is 13.2. The van der Waals surface area contributed by atoms with Gasteiger partial charge in [-0.3, -0.25) is 14.5 Å². The number of aliphatic carboxylic acids is 1. The molecule has 3 aliphatic heterocycles. The van der Waals surface area contributed by atoms with Crippen LogP contribution in [0.2, 0.25) is 0 Å². The highest BCUT2D eigenvalue weighted by Gasteiger charge is 2.55. The Morgan fingerprint density at radius 2 is 1.87 bits per heavy atom. The van der Waals surface area contributed by atoms with E-state index in [0.717, 1.165) is 0 Å². The van der Waals surface area contributed by atoms with Crippen molar-refractivity contribution in [2.24, 2.45) is 0 Å². The number of carbonyl (C=O) groups is 4. The summed E-state index contributed by atoms with van der Waals surface area (Å²) in [6, 6.07) is -1.24. The zero-order valence-electron chi connectivity index (χ0n) is 27.3. The third-order valence-corrected chi connectivity index (χ3v) is 8.51. The lowest BCUT2D eigenvalue weighted by Crippen LogP contribution is -2.68. The van der Waals surface area contributed by atoms with Crippen LogP contribution in [0.25, 0.3) is 0 Å². The Bertz CT molecular complexity index is 1160. The molecule has 0 radical (unpaired) electrons. The molecule has 3 saturated heterocycles. The van der Waals surface area contributed by atoms with E-state index in [2.05, 4.69) is 15.5 Å². The van der Waals surface area contributed by atoms with Gasteiger partial charge in [-0.05, 0) is 34.1 Å². The van der Waals surface area contributed by atoms with E-state index in [1.807, 2.05) is 0 Å². The minimum absolute atomic E-state index is 0.119. The third kappa shape index (κ3) is 9.48. The van der Waals surface area contributed by atoms with Crippen LogP contribution in [0, 0.1) is 0 Å². The molecular formula is C31H50N4O11. The first-order chi connectivity index (χ1) is 21.5. The van der Waals surface area contributed by atoms with E-state index in [0.29, 0.717) is 39.3 Å². The molecule has 3 rings (SSSR count). The normalized spacial score (nSPS) is 30.4. The number of nitrogens with zero attached hydrogens (tertiary/aromatic N) is 2. The van der Waals surface area contributed by atoms with E-state index in [1.165, 1.54) is 19.1 Å². The summed E-state index contributed by atoms with van der Waals surface area (Å²) < 4.78 is 17.4. The van der Waals surface area contributed by atoms with Crippen molar-refractivity contribution in [3.63, 3.8) is 0 Å². The van der Waals surface area contributed by atoms with Crippen LogP contribution in [-0.4, -0.2) is 147 Å². The van der Waals surface area contributed by atoms with Crippen molar-refractivity contribution in [3.8, 4) is 0 Å². The molecule has 0 aliphatic carbocycles. The van der Waals surface area contributed by atoms with Gasteiger partial charge in [-0.1, -0.05) is 18.2 Å². The number of rotatable bonds is 11. The van der Waals surface area contributed by atoms with Gasteiger partial charge in [-0.15, -0.1) is 0 Å². The first kappa shape index (κ1) is 37.4. The maximum atomic E-state index is 12.8. The van der Waals surface area contributed by atoms with Gasteiger partial charge < -0.3 is 50.2 Å². The number of carboxylic acids is 1. The van der Waals surface area contributed by atoms with Crippen LogP contribution in [0.1, 0.15) is 53.9 Å². The molecule has 260 valence electrons. The van der Waals surface area contributed by atoms with E-state index in [-0.39, 0.29) is 13.0 Å². The zero-order valence-corrected chi connectivity index (χ0v) is 27.3. The van der Waals surface area contributed by atoms with E-state index in [1.54, 1.807) is 44.7 Å². The molecule has 1 spiro atoms. The first-order valence-electron chi connectivity index (χ1n) is 15.6. The van der Waals surface area contributed by atoms with Gasteiger partial charge in [0.25, 0.3) is 0 Å². The number of likely N-dealkylation sites (tertiary alicyclic amines) is 1. The fourth-order valence-corrected chi connectivity index (χ4v) is 6.17. The number of carbonyl (C=O) groups excluding carboxylic acids is 3. The number of amides is 3. The number of nitrogens with one attached hydrogen (secondary N) is 2. The lowest BCUT2D eigenvalue weighted by Gasteiger charge is -2.49. The predicted octanol–water partition coefficient (Wildman–Crippen LogP) is -0.463. The molecule has 0 aromatic carbocycles. The zero-order chi connectivity index (χ0) is 34.3. The largest absolute Gasteiger partial charge is 0.479 e. The molecule has 0 unspecified atom stereocenters. The number of morpholine rings is 1. The average Bonchev–Trinajstić information content (AvgIpc) is 3.39. The van der Waals surface area contributed by atoms with Crippen molar-refractivity contribution in [2.75, 3.05) is 45.9 Å². The Hall–Kier alpha value is -3.08. The van der Waals surface area contributed by atoms with Crippen LogP contribution in [0.15, 0.2) is 24.3 Å². The molecule has 3 fully saturated rings. The Morgan fingerprint density at radius 1 is 1.15 bits per heavy atom. The van der Waals surface area contributed by atoms with Crippen molar-refractivity contribution >= 4 is 23.9 Å². The van der Waals surface area contributed by atoms with Gasteiger partial charge in [0, 0.05) is 58.6 Å². The lowest BCUT2D eigenvalue weighted by atomic mass is 9.81. The van der Waals surface area contributed by atoms with E-state index in [4.69, 9.17) is 14.2 Å². The quantitative estimate of drug-likeness (QED) is 0.124. The Kier molecular flexibility index (Phi) is 12.7. The molecule has 3 aliphatic rings. The summed E-state index contributed by atoms with van der Waals surface area (Å²) in [4.78, 5) is 53.4. The van der Waals surface area contributed by atoms with Crippen molar-refractivity contribution < 1.29 is 53.8 Å². The van der Waals surface area contributed by atoms with Gasteiger partial charge in [-0.25, -0.2) is 9.59 Å². The van der Waals surface area contributed by atoms with Crippen LogP contribution in [0.3, 0.4) is 0 Å². The molecule has 6 N–H and O–H groups in total. The minimum Gasteiger partial charge on any atom is -0.479 e. The summed E-state index contributed by atoms with van der Waals surface area (Å²) in [5.74, 6) is -2.48. The van der Waals surface area contributed by atoms with E-state index in [9.17, 15) is 39.6 Å². The summed E-state index contributed by atoms with van der Waals surface area (Å²) in [5, 5.41) is 48.5. The van der Waals surface area contributed by atoms with Crippen LogP contribution >= 0.6 is 0 Å². The topological polar surface area (TPSA) is 207 Å². The average molecular weight is 655 g/mol. The van der Waals surface area contributed by atoms with Crippen molar-refractivity contribution in [3.05, 3.63) is 24.3 Å². The van der Waals surface area contributed by atoms with Gasteiger partial charge in [0.2, 0.25) is 11.8 Å². The molecular weight excluding hydrogens is 604 g/mol. The fraction of sp³-hybridized carbons (Fsp3) is 0.742. The van der Waals surface area contributed by atoms with Crippen LogP contribution in [-0.2, 0) is 28.6 Å². The monoisotopic (exact) mass is 654 g/mol. The summed E-state index contributed by atoms with van der Waals surface area (Å²) in [6.45, 7) is 10.0. The van der Waals surface area contributed by atoms with Crippen molar-refractivity contribution in [1.82, 2.24) is 20.4 Å². The minimum atomic E-state index is -2.00. The first-order valence-corrected chi connectivity index (χ1v) is 15.6. The van der Waals surface area contributed by atoms with Gasteiger partial charge in [0.05, 0.1) is 37.0 Å². The second kappa shape index (κ2) is 15.7. The van der Waals surface area contributed by atoms with Crippen molar-refractivity contribution in [2.45, 2.75) is 101 Å². The summed E-state index contributed by atoms with van der Waals surface area (Å²) >= 11 is 0. The summed E-state index contributed by atoms with van der Waals surface area (Å²) in [6.07, 6.45) is -0.736. The van der Waals surface area contributed by atoms with Crippen LogP contribution in [0.4, 0.5) is 4.79 Å². The third-order valence-electron chi connectivity index (χ3n) is 8.51. The molecule has 7 atom stereocenters. The van der Waals surface area contributed by atoms with Crippen LogP contribution in [0.5, 0.6) is 0 Å². The van der Waals surface area contributed by atoms with Gasteiger partial charge in [0.15, 0.2) is 5.60 Å². The standard InChI is InChI=1S/C31H50N4O11/c1-6-7-8-9-23(39)32-17-22(38)25(40)26-24(33-20(2)36)21(37)16-31(45-26,27(41)42)11-13-35-14-15-44-19-30(35)10-12-34(18-30)28(43)46-29(3,4)5/h6-9,21-22,24-26,37-38,40H,10-19H2,1-5H3,(H,32,39)(H,33,36)(H,41,42)/b7-6+,9-8+/t21-,22+,24+,25+,26+,30-,31+/m0/s1. The van der Waals surface area contributed by atoms with Gasteiger partial charge in [0.1, 0.15) is 17.8 Å². The number of aliphatic hydroxyl groups is 3. The molecule has 46 heavy (non-hydrogen) atoms. The number of ether oxygens (including phenoxy) is 3. The molecule has 15 nitrogen and oxygen atoms in total. The predicted molar refractivity (Wildman–Crippen MR) is 165 cm³/mol. The smallest absolute Gasteiger partial charge is 0.410 e. The van der Waals surface area contributed by atoms with E-state index >= 15 is 0 Å². The Balaban J connectivity index is 1.79. The lowest BCUT2D eigenvalue weighted by molar-refractivity contribution is -0.231. The number of carboxylic acid groups (broad SMARTS) is 1. The Labute approximate surface area is 269 Å². The molecule has 15 heteroatoms. The number of allylic oxidation sites excluding steroid dienone is 3. The molecule has 0 aromatic rings. The molecule has 0 saturated carbocycles. The highest BCUT2D eigenvalue weighted by atomic mass is 16.6. The molecule has 3 amide bonds. The maximum absolute atomic E-state index is 12.8. The fourth-order valence-electron chi connectivity index (χ4n) is 6.17. The number of hydrogen-bond donors (Lipinski definition) is 6. The molecule has 0 bridgehead atoms. The Morgan fingerprint density at radius 3 is 2.50 bits per heavy atom. The van der Waals surface area contributed by atoms with Gasteiger partial charge >= 0.3 is 12.1 Å². The highest BCUT2D eigenvalue weighted by molar-refractivity contribution is 5.87. The second-order valence-electron chi connectivity index (χ2n) is 13.2. The van der Waals surface area contributed by atoms with Gasteiger partial charge in [-0.2, -0.15) is 0 Å². The molecule has 0 aromatic heterocycles. The van der Waals surface area contributed by atoms with Crippen molar-refractivity contribution in [1.29, 1.82) is 0 Å². The number of aliphatic hydroxyl groups excluding tert-OH is 3. The molecule has 3 heterocycles. The SMILES string of the molecule is C/C=C/C=C/C(=O)NC[C@@H](O)[C@@H](O)[C@@H]1O[C@@](CCN2CCOC[C@@]23CCN(C(=O)OC(C)(C)C)C3)(C(=O)O)C[C@H](O)[C@H]1NC(C)=O. The number of hydrogen-bond acceptors (Lipinski definition) is 11. The van der Waals surface area contributed by atoms with E-state index < -0.39 is 84.0 Å². The maximum Gasteiger partial charge on any atom is 0.410 e. The summed E-state index contributed by atoms with van der Waals surface area (Å²) in [5.41, 5.74) is -3.25. The summed E-state index contributed by atoms with van der Waals surface area (Å²) in [7, 11) is 0.